The zero-order chi connectivity index (χ0) is 36.6. The molecular formula is C46H64O6. The van der Waals surface area contributed by atoms with E-state index in [1.54, 1.807) is 24.3 Å². The lowest BCUT2D eigenvalue weighted by molar-refractivity contribution is -0.145. The molecule has 0 amide bonds. The van der Waals surface area contributed by atoms with Crippen molar-refractivity contribution in [3.8, 4) is 28.4 Å². The van der Waals surface area contributed by atoms with Gasteiger partial charge < -0.3 is 18.9 Å². The van der Waals surface area contributed by atoms with Crippen molar-refractivity contribution in [2.75, 3.05) is 13.2 Å². The van der Waals surface area contributed by atoms with Gasteiger partial charge in [-0.1, -0.05) is 115 Å². The van der Waals surface area contributed by atoms with Crippen LogP contribution in [-0.2, 0) is 14.3 Å². The van der Waals surface area contributed by atoms with Crippen LogP contribution in [0.3, 0.4) is 0 Å². The maximum Gasteiger partial charge on any atom is 0.338 e. The number of carbonyl (C=O) groups is 2. The molecule has 0 aromatic heterocycles. The molecule has 0 bridgehead atoms. The Bertz CT molecular complexity index is 1390. The fraction of sp³-hybridized carbons (Fsp3) is 0.565. The predicted molar refractivity (Wildman–Crippen MR) is 211 cm³/mol. The van der Waals surface area contributed by atoms with E-state index in [1.807, 2.05) is 31.2 Å². The van der Waals surface area contributed by atoms with Crippen LogP contribution in [0, 0.1) is 5.92 Å². The van der Waals surface area contributed by atoms with Crippen LogP contribution in [0.2, 0.25) is 0 Å². The Morgan fingerprint density at radius 3 is 1.73 bits per heavy atom. The molecular weight excluding hydrogens is 648 g/mol. The first kappa shape index (κ1) is 41.0. The molecule has 3 aromatic rings. The van der Waals surface area contributed by atoms with E-state index in [0.717, 1.165) is 61.3 Å². The van der Waals surface area contributed by atoms with Crippen LogP contribution < -0.4 is 9.47 Å². The summed E-state index contributed by atoms with van der Waals surface area (Å²) in [6.07, 6.45) is 23.1. The number of rotatable bonds is 25. The zero-order valence-electron chi connectivity index (χ0n) is 32.1. The molecule has 0 N–H and O–H groups in total. The van der Waals surface area contributed by atoms with E-state index in [0.29, 0.717) is 30.3 Å². The number of esters is 2. The Morgan fingerprint density at radius 2 is 1.13 bits per heavy atom. The maximum absolute atomic E-state index is 12.5. The van der Waals surface area contributed by atoms with E-state index >= 15 is 0 Å². The highest BCUT2D eigenvalue weighted by atomic mass is 16.5. The second kappa shape index (κ2) is 24.4. The van der Waals surface area contributed by atoms with Gasteiger partial charge in [0.2, 0.25) is 0 Å². The second-order valence-electron chi connectivity index (χ2n) is 14.7. The molecule has 0 radical (unpaired) electrons. The lowest BCUT2D eigenvalue weighted by Gasteiger charge is -2.20. The van der Waals surface area contributed by atoms with Crippen LogP contribution in [-0.4, -0.2) is 31.3 Å². The van der Waals surface area contributed by atoms with E-state index in [2.05, 4.69) is 31.2 Å². The first-order chi connectivity index (χ1) is 25.5. The standard InChI is InChI=1S/C46H64O6/c1-3-4-5-14-19-37(2)51-46(48)41-26-32-44(33-27-41)52-43-30-24-40(25-31-43)39-22-28-42(29-23-39)49-34-17-11-9-7-6-8-10-12-18-35-50-45(47)36-38-20-15-13-16-21-38/h22-33,37-38H,3-21,34-36H2,1-2H3/t37-/m0/s1. The van der Waals surface area contributed by atoms with Crippen LogP contribution in [0.1, 0.15) is 153 Å². The highest BCUT2D eigenvalue weighted by molar-refractivity contribution is 5.89. The number of benzene rings is 3. The smallest absolute Gasteiger partial charge is 0.338 e. The Kier molecular flexibility index (Phi) is 19.3. The summed E-state index contributed by atoms with van der Waals surface area (Å²) in [5.74, 6) is 2.60. The van der Waals surface area contributed by atoms with Gasteiger partial charge in [-0.2, -0.15) is 0 Å². The van der Waals surface area contributed by atoms with Gasteiger partial charge in [0.05, 0.1) is 24.9 Å². The Labute approximate surface area is 314 Å². The van der Waals surface area contributed by atoms with Gasteiger partial charge in [0.1, 0.15) is 17.2 Å². The largest absolute Gasteiger partial charge is 0.494 e. The van der Waals surface area contributed by atoms with Gasteiger partial charge in [0, 0.05) is 6.42 Å². The van der Waals surface area contributed by atoms with Gasteiger partial charge in [-0.25, -0.2) is 4.79 Å². The van der Waals surface area contributed by atoms with E-state index < -0.39 is 0 Å². The highest BCUT2D eigenvalue weighted by Gasteiger charge is 2.17. The lowest BCUT2D eigenvalue weighted by Crippen LogP contribution is -2.15. The SMILES string of the molecule is CCCCCC[C@H](C)OC(=O)c1ccc(Oc2ccc(-c3ccc(OCCCCCCCCCCCOC(=O)CC4CCCCC4)cc3)cc2)cc1. The number of ether oxygens (including phenoxy) is 4. The van der Waals surface area contributed by atoms with Crippen LogP contribution in [0.5, 0.6) is 17.2 Å². The third kappa shape index (κ3) is 16.3. The summed E-state index contributed by atoms with van der Waals surface area (Å²) in [7, 11) is 0. The van der Waals surface area contributed by atoms with Crippen molar-refractivity contribution in [3.63, 3.8) is 0 Å². The monoisotopic (exact) mass is 712 g/mol. The van der Waals surface area contributed by atoms with Crippen LogP contribution in [0.4, 0.5) is 0 Å². The average molecular weight is 713 g/mol. The summed E-state index contributed by atoms with van der Waals surface area (Å²) in [5.41, 5.74) is 2.76. The number of hydrogen-bond donors (Lipinski definition) is 0. The number of carbonyl (C=O) groups excluding carboxylic acids is 2. The summed E-state index contributed by atoms with van der Waals surface area (Å²) >= 11 is 0. The fourth-order valence-electron chi connectivity index (χ4n) is 6.93. The molecule has 1 aliphatic rings. The fourth-order valence-corrected chi connectivity index (χ4v) is 6.93. The molecule has 52 heavy (non-hydrogen) atoms. The molecule has 284 valence electrons. The third-order valence-electron chi connectivity index (χ3n) is 10.1. The molecule has 3 aromatic carbocycles. The molecule has 0 unspecified atom stereocenters. The van der Waals surface area contributed by atoms with E-state index in [4.69, 9.17) is 18.9 Å². The van der Waals surface area contributed by atoms with E-state index in [9.17, 15) is 9.59 Å². The Hall–Kier alpha value is -3.80. The molecule has 0 heterocycles. The molecule has 1 atom stereocenters. The van der Waals surface area contributed by atoms with Crippen molar-refractivity contribution in [1.82, 2.24) is 0 Å². The lowest BCUT2D eigenvalue weighted by atomic mass is 9.87. The third-order valence-corrected chi connectivity index (χ3v) is 10.1. The van der Waals surface area contributed by atoms with E-state index in [-0.39, 0.29) is 18.0 Å². The normalized spacial score (nSPS) is 13.7. The van der Waals surface area contributed by atoms with Crippen LogP contribution in [0.25, 0.3) is 11.1 Å². The zero-order valence-corrected chi connectivity index (χ0v) is 32.1. The van der Waals surface area contributed by atoms with Gasteiger partial charge in [0.25, 0.3) is 0 Å². The minimum Gasteiger partial charge on any atom is -0.494 e. The van der Waals surface area contributed by atoms with Crippen molar-refractivity contribution in [1.29, 1.82) is 0 Å². The molecule has 6 heteroatoms. The Morgan fingerprint density at radius 1 is 0.615 bits per heavy atom. The molecule has 0 spiro atoms. The van der Waals surface area contributed by atoms with Crippen molar-refractivity contribution >= 4 is 11.9 Å². The minimum absolute atomic E-state index is 0.0150. The number of unbranched alkanes of at least 4 members (excludes halogenated alkanes) is 11. The van der Waals surface area contributed by atoms with Gasteiger partial charge in [-0.3, -0.25) is 4.79 Å². The van der Waals surface area contributed by atoms with E-state index in [1.165, 1.54) is 89.9 Å². The van der Waals surface area contributed by atoms with Crippen molar-refractivity contribution in [2.45, 2.75) is 148 Å². The topological polar surface area (TPSA) is 71.1 Å². The first-order valence-corrected chi connectivity index (χ1v) is 20.5. The summed E-state index contributed by atoms with van der Waals surface area (Å²) in [4.78, 5) is 24.5. The molecule has 4 rings (SSSR count). The first-order valence-electron chi connectivity index (χ1n) is 20.5. The second-order valence-corrected chi connectivity index (χ2v) is 14.7. The Balaban J connectivity index is 1.01. The summed E-state index contributed by atoms with van der Waals surface area (Å²) in [6, 6.07) is 23.4. The molecule has 1 saturated carbocycles. The van der Waals surface area contributed by atoms with Gasteiger partial charge >= 0.3 is 11.9 Å². The van der Waals surface area contributed by atoms with Crippen LogP contribution >= 0.6 is 0 Å². The predicted octanol–water partition coefficient (Wildman–Crippen LogP) is 13.1. The van der Waals surface area contributed by atoms with Crippen LogP contribution in [0.15, 0.2) is 72.8 Å². The summed E-state index contributed by atoms with van der Waals surface area (Å²) < 4.78 is 23.1. The van der Waals surface area contributed by atoms with Gasteiger partial charge in [-0.05, 0) is 111 Å². The van der Waals surface area contributed by atoms with Crippen molar-refractivity contribution < 1.29 is 28.5 Å². The quantitative estimate of drug-likeness (QED) is 0.0643. The molecule has 1 aliphatic carbocycles. The van der Waals surface area contributed by atoms with Gasteiger partial charge in [0.15, 0.2) is 0 Å². The summed E-state index contributed by atoms with van der Waals surface area (Å²) in [6.45, 7) is 5.49. The van der Waals surface area contributed by atoms with Crippen molar-refractivity contribution in [2.24, 2.45) is 5.92 Å². The summed E-state index contributed by atoms with van der Waals surface area (Å²) in [5, 5.41) is 0. The molecule has 0 aliphatic heterocycles. The number of hydrogen-bond acceptors (Lipinski definition) is 6. The highest BCUT2D eigenvalue weighted by Crippen LogP contribution is 2.28. The minimum atomic E-state index is -0.290. The average Bonchev–Trinajstić information content (AvgIpc) is 3.16. The van der Waals surface area contributed by atoms with Crippen molar-refractivity contribution in [3.05, 3.63) is 78.4 Å². The maximum atomic E-state index is 12.5. The molecule has 0 saturated heterocycles. The molecule has 6 nitrogen and oxygen atoms in total. The van der Waals surface area contributed by atoms with Gasteiger partial charge in [-0.15, -0.1) is 0 Å². The molecule has 1 fully saturated rings.